The summed E-state index contributed by atoms with van der Waals surface area (Å²) in [6.45, 7) is 3.65. The third-order valence-electron chi connectivity index (χ3n) is 5.84. The van der Waals surface area contributed by atoms with Gasteiger partial charge in [-0.2, -0.15) is 0 Å². The van der Waals surface area contributed by atoms with Gasteiger partial charge in [-0.05, 0) is 24.3 Å². The van der Waals surface area contributed by atoms with E-state index in [4.69, 9.17) is 5.73 Å². The molecule has 2 N–H and O–H groups in total. The Morgan fingerprint density at radius 1 is 1.22 bits per heavy atom. The first-order chi connectivity index (χ1) is 11.2. The number of hydrogen-bond donors (Lipinski definition) is 1. The van der Waals surface area contributed by atoms with Gasteiger partial charge in [-0.25, -0.2) is 0 Å². The molecule has 1 aromatic rings. The fourth-order valence-electron chi connectivity index (χ4n) is 4.41. The standard InChI is InChI=1S/C20H30N2O/c1-2-16(12-15-8-6-7-9-15)20(23)22-13-18(19(21)14-22)17-10-4-3-5-11-17/h3-5,10-11,15-16,18-19H,2,6-9,12-14,21H2,1H3/t16?,18-,19+/m0/s1. The molecular formula is C20H30N2O. The van der Waals surface area contributed by atoms with Crippen molar-refractivity contribution < 1.29 is 4.79 Å². The number of nitrogens with two attached hydrogens (primary N) is 1. The summed E-state index contributed by atoms with van der Waals surface area (Å²) in [5.41, 5.74) is 7.61. The molecule has 0 bridgehead atoms. The van der Waals surface area contributed by atoms with Crippen molar-refractivity contribution in [3.63, 3.8) is 0 Å². The van der Waals surface area contributed by atoms with Gasteiger partial charge < -0.3 is 10.6 Å². The first-order valence-electron chi connectivity index (χ1n) is 9.28. The van der Waals surface area contributed by atoms with Gasteiger partial charge in [-0.15, -0.1) is 0 Å². The van der Waals surface area contributed by atoms with E-state index in [-0.39, 0.29) is 17.9 Å². The van der Waals surface area contributed by atoms with E-state index in [0.29, 0.717) is 12.5 Å². The Hall–Kier alpha value is -1.35. The summed E-state index contributed by atoms with van der Waals surface area (Å²) < 4.78 is 0. The Labute approximate surface area is 140 Å². The molecule has 3 heteroatoms. The number of hydrogen-bond acceptors (Lipinski definition) is 2. The third kappa shape index (κ3) is 3.77. The highest BCUT2D eigenvalue weighted by molar-refractivity contribution is 5.79. The molecule has 0 radical (unpaired) electrons. The van der Waals surface area contributed by atoms with Crippen molar-refractivity contribution in [1.29, 1.82) is 0 Å². The molecule has 1 saturated carbocycles. The lowest BCUT2D eigenvalue weighted by Crippen LogP contribution is -2.36. The van der Waals surface area contributed by atoms with Crippen molar-refractivity contribution in [3.8, 4) is 0 Å². The summed E-state index contributed by atoms with van der Waals surface area (Å²) in [6, 6.07) is 10.5. The lowest BCUT2D eigenvalue weighted by Gasteiger charge is -2.24. The molecule has 1 aromatic carbocycles. The Kier molecular flexibility index (Phi) is 5.37. The monoisotopic (exact) mass is 314 g/mol. The van der Waals surface area contributed by atoms with Crippen LogP contribution >= 0.6 is 0 Å². The van der Waals surface area contributed by atoms with E-state index in [1.54, 1.807) is 0 Å². The molecule has 3 rings (SSSR count). The van der Waals surface area contributed by atoms with Crippen LogP contribution in [0.5, 0.6) is 0 Å². The summed E-state index contributed by atoms with van der Waals surface area (Å²) in [4.78, 5) is 15.0. The second-order valence-electron chi connectivity index (χ2n) is 7.42. The van der Waals surface area contributed by atoms with Gasteiger partial charge in [-0.3, -0.25) is 4.79 Å². The number of likely N-dealkylation sites (tertiary alicyclic amines) is 1. The topological polar surface area (TPSA) is 46.3 Å². The molecule has 1 unspecified atom stereocenters. The smallest absolute Gasteiger partial charge is 0.225 e. The minimum Gasteiger partial charge on any atom is -0.340 e. The maximum atomic E-state index is 13.0. The van der Waals surface area contributed by atoms with Gasteiger partial charge in [0, 0.05) is 31.0 Å². The van der Waals surface area contributed by atoms with Crippen molar-refractivity contribution in [1.82, 2.24) is 4.90 Å². The average Bonchev–Trinajstić information content (AvgIpc) is 3.22. The van der Waals surface area contributed by atoms with Crippen molar-refractivity contribution in [2.24, 2.45) is 17.6 Å². The quantitative estimate of drug-likeness (QED) is 0.903. The maximum absolute atomic E-state index is 13.0. The predicted octanol–water partition coefficient (Wildman–Crippen LogP) is 3.55. The largest absolute Gasteiger partial charge is 0.340 e. The number of carbonyl (C=O) groups excluding carboxylic acids is 1. The Balaban J connectivity index is 1.63. The van der Waals surface area contributed by atoms with Gasteiger partial charge in [0.2, 0.25) is 5.91 Å². The number of carbonyl (C=O) groups is 1. The lowest BCUT2D eigenvalue weighted by molar-refractivity contribution is -0.135. The van der Waals surface area contributed by atoms with Crippen LogP contribution in [0.15, 0.2) is 30.3 Å². The summed E-state index contributed by atoms with van der Waals surface area (Å²) in [7, 11) is 0. The van der Waals surface area contributed by atoms with E-state index in [9.17, 15) is 4.79 Å². The van der Waals surface area contributed by atoms with Gasteiger partial charge in [-0.1, -0.05) is 62.9 Å². The molecule has 1 amide bonds. The second kappa shape index (κ2) is 7.48. The van der Waals surface area contributed by atoms with Crippen LogP contribution in [0.1, 0.15) is 56.9 Å². The predicted molar refractivity (Wildman–Crippen MR) is 94.1 cm³/mol. The normalized spacial score (nSPS) is 26.6. The minimum absolute atomic E-state index is 0.0605. The van der Waals surface area contributed by atoms with Crippen LogP contribution < -0.4 is 5.73 Å². The molecule has 1 aliphatic heterocycles. The Bertz CT molecular complexity index is 510. The van der Waals surface area contributed by atoms with Gasteiger partial charge in [0.05, 0.1) is 0 Å². The van der Waals surface area contributed by atoms with Gasteiger partial charge in [0.25, 0.3) is 0 Å². The van der Waals surface area contributed by atoms with Gasteiger partial charge >= 0.3 is 0 Å². The van der Waals surface area contributed by atoms with Crippen LogP contribution in [0.2, 0.25) is 0 Å². The fraction of sp³-hybridized carbons (Fsp3) is 0.650. The van der Waals surface area contributed by atoms with Crippen molar-refractivity contribution in [2.75, 3.05) is 13.1 Å². The fourth-order valence-corrected chi connectivity index (χ4v) is 4.41. The minimum atomic E-state index is 0.0605. The molecule has 1 saturated heterocycles. The van der Waals surface area contributed by atoms with Crippen LogP contribution in [-0.4, -0.2) is 29.9 Å². The molecule has 0 spiro atoms. The number of rotatable bonds is 5. The zero-order valence-corrected chi connectivity index (χ0v) is 14.3. The molecule has 2 aliphatic rings. The molecule has 1 aliphatic carbocycles. The van der Waals surface area contributed by atoms with Gasteiger partial charge in [0.1, 0.15) is 0 Å². The number of benzene rings is 1. The highest BCUT2D eigenvalue weighted by atomic mass is 16.2. The van der Waals surface area contributed by atoms with Crippen molar-refractivity contribution >= 4 is 5.91 Å². The first-order valence-corrected chi connectivity index (χ1v) is 9.28. The molecule has 126 valence electrons. The van der Waals surface area contributed by atoms with E-state index in [2.05, 4.69) is 31.2 Å². The average molecular weight is 314 g/mol. The van der Waals surface area contributed by atoms with E-state index in [1.165, 1.54) is 31.2 Å². The molecule has 1 heterocycles. The lowest BCUT2D eigenvalue weighted by atomic mass is 9.90. The molecular weight excluding hydrogens is 284 g/mol. The molecule has 0 aromatic heterocycles. The van der Waals surface area contributed by atoms with Crippen molar-refractivity contribution in [2.45, 2.75) is 57.4 Å². The van der Waals surface area contributed by atoms with Gasteiger partial charge in [0.15, 0.2) is 0 Å². The summed E-state index contributed by atoms with van der Waals surface area (Å²) in [5.74, 6) is 1.59. The first kappa shape index (κ1) is 16.5. The number of nitrogens with zero attached hydrogens (tertiary/aromatic N) is 1. The van der Waals surface area contributed by atoms with E-state index in [0.717, 1.165) is 25.3 Å². The van der Waals surface area contributed by atoms with Crippen LogP contribution in [0.25, 0.3) is 0 Å². The van der Waals surface area contributed by atoms with Crippen molar-refractivity contribution in [3.05, 3.63) is 35.9 Å². The summed E-state index contributed by atoms with van der Waals surface area (Å²) in [5, 5.41) is 0. The summed E-state index contributed by atoms with van der Waals surface area (Å²) >= 11 is 0. The highest BCUT2D eigenvalue weighted by Gasteiger charge is 2.36. The molecule has 23 heavy (non-hydrogen) atoms. The van der Waals surface area contributed by atoms with Crippen LogP contribution in [0, 0.1) is 11.8 Å². The maximum Gasteiger partial charge on any atom is 0.225 e. The third-order valence-corrected chi connectivity index (χ3v) is 5.84. The van der Waals surface area contributed by atoms with Crippen LogP contribution in [0.3, 0.4) is 0 Å². The molecule has 3 atom stereocenters. The highest BCUT2D eigenvalue weighted by Crippen LogP contribution is 2.33. The van der Waals surface area contributed by atoms with E-state index >= 15 is 0 Å². The van der Waals surface area contributed by atoms with Crippen LogP contribution in [-0.2, 0) is 4.79 Å². The SMILES string of the molecule is CCC(CC1CCCC1)C(=O)N1C[C@@H](N)[C@H](c2ccccc2)C1. The Morgan fingerprint density at radius 3 is 2.57 bits per heavy atom. The number of amides is 1. The van der Waals surface area contributed by atoms with Crippen LogP contribution in [0.4, 0.5) is 0 Å². The zero-order valence-electron chi connectivity index (χ0n) is 14.3. The van der Waals surface area contributed by atoms with E-state index < -0.39 is 0 Å². The molecule has 2 fully saturated rings. The van der Waals surface area contributed by atoms with E-state index in [1.807, 2.05) is 11.0 Å². The summed E-state index contributed by atoms with van der Waals surface area (Å²) in [6.07, 6.45) is 7.36. The second-order valence-corrected chi connectivity index (χ2v) is 7.42. The molecule has 3 nitrogen and oxygen atoms in total. The zero-order chi connectivity index (χ0) is 16.2. The Morgan fingerprint density at radius 2 is 1.91 bits per heavy atom.